The standard InChI is InChI=1S/C24H33NO2/c1-4-5-6-7-21-10-12-22(13-11-21)17-25(15-14-24(26)27)18-23-16-19(2)8-9-20(23)3/h8-13,16H,4-7,14-15,17-18H2,1-3H3,(H,26,27). The van der Waals surface area contributed by atoms with E-state index >= 15 is 0 Å². The maximum absolute atomic E-state index is 11.1. The van der Waals surface area contributed by atoms with Crippen molar-refractivity contribution in [2.45, 2.75) is 66.0 Å². The van der Waals surface area contributed by atoms with Crippen LogP contribution in [0.1, 0.15) is 60.4 Å². The Morgan fingerprint density at radius 2 is 1.67 bits per heavy atom. The number of carboxylic acid groups (broad SMARTS) is 1. The van der Waals surface area contributed by atoms with Crippen LogP contribution in [0.3, 0.4) is 0 Å². The van der Waals surface area contributed by atoms with Gasteiger partial charge in [0, 0.05) is 19.6 Å². The van der Waals surface area contributed by atoms with Gasteiger partial charge in [-0.1, -0.05) is 67.8 Å². The van der Waals surface area contributed by atoms with Gasteiger partial charge in [-0.15, -0.1) is 0 Å². The second kappa shape index (κ2) is 10.9. The normalized spacial score (nSPS) is 11.1. The fourth-order valence-corrected chi connectivity index (χ4v) is 3.33. The van der Waals surface area contributed by atoms with E-state index in [4.69, 9.17) is 5.11 Å². The van der Waals surface area contributed by atoms with Crippen LogP contribution in [0, 0.1) is 13.8 Å². The van der Waals surface area contributed by atoms with E-state index in [2.05, 4.69) is 68.1 Å². The number of carboxylic acids is 1. The predicted molar refractivity (Wildman–Crippen MR) is 112 cm³/mol. The summed E-state index contributed by atoms with van der Waals surface area (Å²) in [6, 6.07) is 15.3. The number of aryl methyl sites for hydroxylation is 3. The lowest BCUT2D eigenvalue weighted by molar-refractivity contribution is -0.137. The molecule has 0 atom stereocenters. The Morgan fingerprint density at radius 3 is 2.33 bits per heavy atom. The number of unbranched alkanes of at least 4 members (excludes halogenated alkanes) is 2. The van der Waals surface area contributed by atoms with Crippen molar-refractivity contribution in [2.75, 3.05) is 6.54 Å². The van der Waals surface area contributed by atoms with Gasteiger partial charge < -0.3 is 5.11 Å². The lowest BCUT2D eigenvalue weighted by atomic mass is 10.0. The van der Waals surface area contributed by atoms with Crippen LogP contribution in [0.4, 0.5) is 0 Å². The van der Waals surface area contributed by atoms with Crippen molar-refractivity contribution in [2.24, 2.45) is 0 Å². The molecule has 0 fully saturated rings. The molecule has 0 aliphatic carbocycles. The highest BCUT2D eigenvalue weighted by Crippen LogP contribution is 2.17. The SMILES string of the molecule is CCCCCc1ccc(CN(CCC(=O)O)Cc2cc(C)ccc2C)cc1. The monoisotopic (exact) mass is 367 g/mol. The topological polar surface area (TPSA) is 40.5 Å². The van der Waals surface area contributed by atoms with Gasteiger partial charge in [-0.2, -0.15) is 0 Å². The average Bonchev–Trinajstić information content (AvgIpc) is 2.64. The molecule has 0 aliphatic rings. The minimum absolute atomic E-state index is 0.167. The number of carbonyl (C=O) groups is 1. The molecule has 0 saturated heterocycles. The maximum atomic E-state index is 11.1. The number of hydrogen-bond acceptors (Lipinski definition) is 2. The Bertz CT molecular complexity index is 722. The van der Waals surface area contributed by atoms with Crippen molar-refractivity contribution in [1.82, 2.24) is 4.90 Å². The fraction of sp³-hybridized carbons (Fsp3) is 0.458. The molecule has 0 heterocycles. The number of aliphatic carboxylic acids is 1. The molecule has 0 radical (unpaired) electrons. The first-order valence-corrected chi connectivity index (χ1v) is 10.1. The fourth-order valence-electron chi connectivity index (χ4n) is 3.33. The maximum Gasteiger partial charge on any atom is 0.304 e. The zero-order valence-corrected chi connectivity index (χ0v) is 17.0. The van der Waals surface area contributed by atoms with Crippen LogP contribution >= 0.6 is 0 Å². The average molecular weight is 368 g/mol. The van der Waals surface area contributed by atoms with Crippen LogP contribution in [0.15, 0.2) is 42.5 Å². The molecule has 0 spiro atoms. The molecule has 0 aromatic heterocycles. The first-order chi connectivity index (χ1) is 13.0. The number of rotatable bonds is 11. The summed E-state index contributed by atoms with van der Waals surface area (Å²) in [6.07, 6.45) is 5.07. The highest BCUT2D eigenvalue weighted by Gasteiger charge is 2.11. The molecule has 27 heavy (non-hydrogen) atoms. The van der Waals surface area contributed by atoms with Crippen molar-refractivity contribution in [3.8, 4) is 0 Å². The molecule has 2 rings (SSSR count). The minimum Gasteiger partial charge on any atom is -0.481 e. The molecule has 2 aromatic carbocycles. The molecule has 0 aliphatic heterocycles. The zero-order valence-electron chi connectivity index (χ0n) is 17.0. The molecule has 0 amide bonds. The second-order valence-corrected chi connectivity index (χ2v) is 7.56. The summed E-state index contributed by atoms with van der Waals surface area (Å²) in [4.78, 5) is 13.3. The molecule has 3 nitrogen and oxygen atoms in total. The Morgan fingerprint density at radius 1 is 0.963 bits per heavy atom. The quantitative estimate of drug-likeness (QED) is 0.532. The van der Waals surface area contributed by atoms with Crippen molar-refractivity contribution >= 4 is 5.97 Å². The Kier molecular flexibility index (Phi) is 8.53. The predicted octanol–water partition coefficient (Wildman–Crippen LogP) is 5.51. The largest absolute Gasteiger partial charge is 0.481 e. The lowest BCUT2D eigenvalue weighted by Gasteiger charge is -2.23. The van der Waals surface area contributed by atoms with Crippen molar-refractivity contribution in [3.05, 3.63) is 70.3 Å². The van der Waals surface area contributed by atoms with Gasteiger partial charge in [-0.25, -0.2) is 0 Å². The molecular weight excluding hydrogens is 334 g/mol. The summed E-state index contributed by atoms with van der Waals surface area (Å²) < 4.78 is 0. The summed E-state index contributed by atoms with van der Waals surface area (Å²) in [5.41, 5.74) is 6.40. The molecule has 2 aromatic rings. The van der Waals surface area contributed by atoms with Gasteiger partial charge in [-0.05, 0) is 48.9 Å². The lowest BCUT2D eigenvalue weighted by Crippen LogP contribution is -2.26. The van der Waals surface area contributed by atoms with Gasteiger partial charge in [0.15, 0.2) is 0 Å². The van der Waals surface area contributed by atoms with Gasteiger partial charge in [0.1, 0.15) is 0 Å². The molecule has 146 valence electrons. The van der Waals surface area contributed by atoms with Crippen LogP contribution in [-0.4, -0.2) is 22.5 Å². The van der Waals surface area contributed by atoms with E-state index in [1.165, 1.54) is 47.1 Å². The molecule has 0 bridgehead atoms. The second-order valence-electron chi connectivity index (χ2n) is 7.56. The molecule has 0 unspecified atom stereocenters. The van der Waals surface area contributed by atoms with Gasteiger partial charge in [0.25, 0.3) is 0 Å². The van der Waals surface area contributed by atoms with Crippen molar-refractivity contribution in [3.63, 3.8) is 0 Å². The van der Waals surface area contributed by atoms with Gasteiger partial charge in [-0.3, -0.25) is 9.69 Å². The van der Waals surface area contributed by atoms with Crippen LogP contribution in [0.5, 0.6) is 0 Å². The number of hydrogen-bond donors (Lipinski definition) is 1. The third-order valence-corrected chi connectivity index (χ3v) is 5.04. The first kappa shape index (κ1) is 21.2. The highest BCUT2D eigenvalue weighted by atomic mass is 16.4. The number of benzene rings is 2. The molecule has 1 N–H and O–H groups in total. The summed E-state index contributed by atoms with van der Waals surface area (Å²) in [7, 11) is 0. The third kappa shape index (κ3) is 7.56. The van der Waals surface area contributed by atoms with Crippen LogP contribution < -0.4 is 0 Å². The van der Waals surface area contributed by atoms with E-state index in [9.17, 15) is 4.79 Å². The summed E-state index contributed by atoms with van der Waals surface area (Å²) in [5.74, 6) is -0.743. The Hall–Kier alpha value is -2.13. The smallest absolute Gasteiger partial charge is 0.304 e. The summed E-state index contributed by atoms with van der Waals surface area (Å²) in [5, 5.41) is 9.11. The van der Waals surface area contributed by atoms with Crippen LogP contribution in [-0.2, 0) is 24.3 Å². The van der Waals surface area contributed by atoms with Crippen LogP contribution in [0.25, 0.3) is 0 Å². The van der Waals surface area contributed by atoms with E-state index in [0.29, 0.717) is 6.54 Å². The molecule has 3 heteroatoms. The van der Waals surface area contributed by atoms with Crippen LogP contribution in [0.2, 0.25) is 0 Å². The van der Waals surface area contributed by atoms with E-state index in [0.717, 1.165) is 19.5 Å². The van der Waals surface area contributed by atoms with E-state index in [1.807, 2.05) is 0 Å². The van der Waals surface area contributed by atoms with E-state index in [1.54, 1.807) is 0 Å². The van der Waals surface area contributed by atoms with Crippen molar-refractivity contribution in [1.29, 1.82) is 0 Å². The summed E-state index contributed by atoms with van der Waals surface area (Å²) in [6.45, 7) is 8.55. The first-order valence-electron chi connectivity index (χ1n) is 10.1. The molecule has 0 saturated carbocycles. The zero-order chi connectivity index (χ0) is 19.6. The van der Waals surface area contributed by atoms with Crippen molar-refractivity contribution < 1.29 is 9.90 Å². The van der Waals surface area contributed by atoms with Gasteiger partial charge in [0.2, 0.25) is 0 Å². The molecular formula is C24H33NO2. The van der Waals surface area contributed by atoms with E-state index < -0.39 is 5.97 Å². The highest BCUT2D eigenvalue weighted by molar-refractivity contribution is 5.66. The minimum atomic E-state index is -0.743. The van der Waals surface area contributed by atoms with Gasteiger partial charge >= 0.3 is 5.97 Å². The Balaban J connectivity index is 2.05. The number of nitrogens with zero attached hydrogens (tertiary/aromatic N) is 1. The Labute approximate surface area is 164 Å². The third-order valence-electron chi connectivity index (χ3n) is 5.04. The van der Waals surface area contributed by atoms with E-state index in [-0.39, 0.29) is 6.42 Å². The van der Waals surface area contributed by atoms with Gasteiger partial charge in [0.05, 0.1) is 6.42 Å². The summed E-state index contributed by atoms with van der Waals surface area (Å²) >= 11 is 0.